The van der Waals surface area contributed by atoms with Crippen molar-refractivity contribution < 1.29 is 71.4 Å². The maximum atomic E-state index is 11.9. The number of esters is 6. The summed E-state index contributed by atoms with van der Waals surface area (Å²) in [5.74, 6) is -2.43. The second kappa shape index (κ2) is 42.5. The minimum atomic E-state index is -0.433. The Morgan fingerprint density at radius 2 is 0.578 bits per heavy atom. The summed E-state index contributed by atoms with van der Waals surface area (Å²) >= 11 is 0. The predicted molar refractivity (Wildman–Crippen MR) is 459 cm³/mol. The Morgan fingerprint density at radius 3 is 0.931 bits per heavy atom. The van der Waals surface area contributed by atoms with E-state index in [0.29, 0.717) is 85.7 Å². The lowest BCUT2D eigenvalue weighted by Gasteiger charge is -2.28. The van der Waals surface area contributed by atoms with Crippen molar-refractivity contribution in [1.82, 2.24) is 0 Å². The Balaban J connectivity index is 0.000000271. The highest BCUT2D eigenvalue weighted by molar-refractivity contribution is 5.93. The molecule has 1 aliphatic carbocycles. The van der Waals surface area contributed by atoms with Crippen molar-refractivity contribution in [1.29, 1.82) is 0 Å². The Morgan fingerprint density at radius 1 is 0.310 bits per heavy atom. The first-order valence-corrected chi connectivity index (χ1v) is 38.6. The molecule has 10 rings (SSSR count). The zero-order valence-corrected chi connectivity index (χ0v) is 68.1. The maximum absolute atomic E-state index is 11.9. The summed E-state index contributed by atoms with van der Waals surface area (Å²) in [6, 6.07) is 71.3. The molecule has 17 heteroatoms. The monoisotopic (exact) mass is 1560 g/mol. The zero-order chi connectivity index (χ0) is 83.4. The number of benzene rings is 9. The molecule has 0 spiro atoms. The third-order valence-corrected chi connectivity index (χ3v) is 19.0. The molecule has 0 radical (unpaired) electrons. The molecule has 0 saturated carbocycles. The third-order valence-electron chi connectivity index (χ3n) is 19.0. The fourth-order valence-electron chi connectivity index (χ4n) is 12.5. The Kier molecular flexibility index (Phi) is 32.1. The van der Waals surface area contributed by atoms with E-state index in [0.717, 1.165) is 89.8 Å². The number of ether oxygens (including phenoxy) is 9. The highest BCUT2D eigenvalue weighted by atomic mass is 16.6. The number of hydrogen-bond donors (Lipinski definition) is 0. The van der Waals surface area contributed by atoms with E-state index in [-0.39, 0.29) is 69.6 Å². The normalized spacial score (nSPS) is 11.6. The average molecular weight is 1560 g/mol. The van der Waals surface area contributed by atoms with E-state index in [1.54, 1.807) is 41.5 Å². The first-order chi connectivity index (χ1) is 55.6. The van der Waals surface area contributed by atoms with Crippen LogP contribution >= 0.6 is 0 Å². The van der Waals surface area contributed by atoms with Gasteiger partial charge in [0.05, 0.1) is 59.5 Å². The summed E-state index contributed by atoms with van der Waals surface area (Å²) in [6.07, 6.45) is 4.00. The first kappa shape index (κ1) is 87.4. The van der Waals surface area contributed by atoms with Crippen molar-refractivity contribution >= 4 is 81.6 Å². The molecule has 0 fully saturated rings. The lowest BCUT2D eigenvalue weighted by atomic mass is 9.81. The number of aryl methyl sites for hydroxylation is 1. The van der Waals surface area contributed by atoms with Gasteiger partial charge in [0.2, 0.25) is 0 Å². The van der Waals surface area contributed by atoms with Crippen LogP contribution in [-0.2, 0) is 116 Å². The first-order valence-electron chi connectivity index (χ1n) is 38.6. The van der Waals surface area contributed by atoms with Gasteiger partial charge in [-0.25, -0.2) is 28.8 Å². The fourth-order valence-corrected chi connectivity index (χ4v) is 12.5. The molecule has 1 aliphatic rings. The van der Waals surface area contributed by atoms with Crippen LogP contribution in [0.15, 0.2) is 279 Å². The minimum absolute atomic E-state index is 0.152. The summed E-state index contributed by atoms with van der Waals surface area (Å²) in [5, 5.41) is 0. The molecule has 0 saturated heterocycles. The van der Waals surface area contributed by atoms with Crippen molar-refractivity contribution in [3.63, 3.8) is 0 Å². The lowest BCUT2D eigenvalue weighted by Crippen LogP contribution is -2.17. The number of nitrogens with zero attached hydrogens (tertiary/aromatic N) is 2. The second-order valence-corrected chi connectivity index (χ2v) is 29.2. The van der Waals surface area contributed by atoms with Gasteiger partial charge in [0.25, 0.3) is 0 Å². The SMILES string of the molecule is C=C(C)C(=O)OCCOCc1ccc(C(=Cc2ccc(N(c3ccc(COCCOC(=O)C(=C)C)cc3)c3ccc(COCCOC(=O)C(=C)C)cc3)cc2)c2ccc(C)cc2)cc1.C=C(C)C(=O)OCCc1ccc(N(c2ccc(CCOC(=O)C(=C)C)cc2)c2ccc3c(c2)C(C)(C)c2cc(CCOC(=O)C(=C)C)ccc2-3)cc1. The third kappa shape index (κ3) is 25.2. The standard InChI is InChI=1S/C54H57NO9.C45H47NO6/c1-38(2)52(56)62-31-28-59-35-43-10-20-47(21-11-43)51(46-18-8-41(7)9-19-46)34-42-12-22-48(23-13-42)55(49-24-14-44(15-25-49)36-60-29-32-63-53(57)39(3)4)50-26-16-45(17-27-50)37-61-30-33-64-54(58)40(5)6;1-29(2)42(47)50-24-21-32-9-14-35(15-10-32)46(36-16-11-33(12-17-36)22-25-51-43(48)30(3)4)37-18-20-39-38-19-13-34(23-26-52-44(49)31(5)6)27-40(38)45(7,8)41(39)28-37/h8-27,34H,1,3,5,28-33,35-37H2,2,4,6-7H3;9-20,27-28H,1,3,5,21-26H2,2,4,6-8H3. The second-order valence-electron chi connectivity index (χ2n) is 29.2. The van der Waals surface area contributed by atoms with Gasteiger partial charge in [-0.15, -0.1) is 0 Å². The summed E-state index contributed by atoms with van der Waals surface area (Å²) in [6.45, 7) is 41.4. The largest absolute Gasteiger partial charge is 0.462 e. The van der Waals surface area contributed by atoms with E-state index < -0.39 is 17.9 Å². The van der Waals surface area contributed by atoms with Gasteiger partial charge in [-0.1, -0.05) is 192 Å². The number of fused-ring (bicyclic) bond motifs is 3. The summed E-state index contributed by atoms with van der Waals surface area (Å²) in [5.41, 5.74) is 24.2. The molecule has 0 unspecified atom stereocenters. The average Bonchev–Trinajstić information content (AvgIpc) is 1.57. The topological polar surface area (TPSA) is 192 Å². The molecule has 0 heterocycles. The number of carbonyl (C=O) groups is 6. The van der Waals surface area contributed by atoms with Crippen LogP contribution in [-0.4, -0.2) is 95.3 Å². The van der Waals surface area contributed by atoms with Crippen molar-refractivity contribution in [2.24, 2.45) is 0 Å². The Hall–Kier alpha value is -12.5. The van der Waals surface area contributed by atoms with E-state index in [1.807, 2.05) is 24.3 Å². The van der Waals surface area contributed by atoms with Crippen molar-refractivity contribution in [2.45, 2.75) is 107 Å². The van der Waals surface area contributed by atoms with Gasteiger partial charge in [0, 0.05) is 92.2 Å². The molecule has 0 amide bonds. The highest BCUT2D eigenvalue weighted by Gasteiger charge is 2.36. The summed E-state index contributed by atoms with van der Waals surface area (Å²) in [7, 11) is 0. The smallest absolute Gasteiger partial charge is 0.333 e. The zero-order valence-electron chi connectivity index (χ0n) is 68.1. The molecule has 0 bridgehead atoms. The molecule has 17 nitrogen and oxygen atoms in total. The molecule has 9 aromatic carbocycles. The molecule has 0 atom stereocenters. The van der Waals surface area contributed by atoms with Gasteiger partial charge < -0.3 is 52.4 Å². The highest BCUT2D eigenvalue weighted by Crippen LogP contribution is 2.51. The van der Waals surface area contributed by atoms with Crippen LogP contribution in [0, 0.1) is 6.92 Å². The van der Waals surface area contributed by atoms with E-state index >= 15 is 0 Å². The van der Waals surface area contributed by atoms with Crippen LogP contribution in [0.25, 0.3) is 22.8 Å². The molecule has 116 heavy (non-hydrogen) atoms. The van der Waals surface area contributed by atoms with Crippen LogP contribution in [0.5, 0.6) is 0 Å². The molecular formula is C99H104N2O15. The quantitative estimate of drug-likeness (QED) is 0.0116. The van der Waals surface area contributed by atoms with Crippen LogP contribution in [0.1, 0.15) is 122 Å². The van der Waals surface area contributed by atoms with E-state index in [4.69, 9.17) is 42.6 Å². The number of anilines is 6. The van der Waals surface area contributed by atoms with Crippen LogP contribution < -0.4 is 9.80 Å². The van der Waals surface area contributed by atoms with Gasteiger partial charge in [-0.3, -0.25) is 0 Å². The van der Waals surface area contributed by atoms with Crippen molar-refractivity contribution in [3.05, 3.63) is 346 Å². The van der Waals surface area contributed by atoms with E-state index in [2.05, 4.69) is 258 Å². The van der Waals surface area contributed by atoms with Crippen LogP contribution in [0.2, 0.25) is 0 Å². The molecule has 9 aromatic rings. The van der Waals surface area contributed by atoms with E-state index in [9.17, 15) is 28.8 Å². The van der Waals surface area contributed by atoms with Crippen molar-refractivity contribution in [3.8, 4) is 11.1 Å². The molecule has 600 valence electrons. The number of hydrogen-bond acceptors (Lipinski definition) is 17. The van der Waals surface area contributed by atoms with E-state index in [1.165, 1.54) is 27.8 Å². The van der Waals surface area contributed by atoms with Gasteiger partial charge in [0.1, 0.15) is 19.8 Å². The van der Waals surface area contributed by atoms with Crippen LogP contribution in [0.4, 0.5) is 34.1 Å². The van der Waals surface area contributed by atoms with Crippen molar-refractivity contribution in [2.75, 3.05) is 69.3 Å². The molecular weight excluding hydrogens is 1460 g/mol. The lowest BCUT2D eigenvalue weighted by molar-refractivity contribution is -0.141. The molecule has 0 N–H and O–H groups in total. The van der Waals surface area contributed by atoms with Gasteiger partial charge in [0.15, 0.2) is 0 Å². The van der Waals surface area contributed by atoms with Crippen LogP contribution in [0.3, 0.4) is 0 Å². The summed E-state index contributed by atoms with van der Waals surface area (Å²) < 4.78 is 48.7. The van der Waals surface area contributed by atoms with Gasteiger partial charge in [-0.2, -0.15) is 0 Å². The van der Waals surface area contributed by atoms with Gasteiger partial charge in [-0.05, 0) is 205 Å². The molecule has 0 aliphatic heterocycles. The minimum Gasteiger partial charge on any atom is -0.462 e. The maximum Gasteiger partial charge on any atom is 0.333 e. The molecule has 0 aromatic heterocycles. The predicted octanol–water partition coefficient (Wildman–Crippen LogP) is 20.4. The van der Waals surface area contributed by atoms with Gasteiger partial charge >= 0.3 is 35.8 Å². The Labute approximate surface area is 682 Å². The Bertz CT molecular complexity index is 4880. The summed E-state index contributed by atoms with van der Waals surface area (Å²) in [4.78, 5) is 75.1. The number of rotatable bonds is 39. The number of carbonyl (C=O) groups excluding carboxylic acids is 6. The fraction of sp³-hybridized carbons (Fsp3) is 0.253.